The molecule has 1 heterocycles. The van der Waals surface area contributed by atoms with Gasteiger partial charge in [0.2, 0.25) is 0 Å². The average molecular weight is 227 g/mol. The average Bonchev–Trinajstić information content (AvgIpc) is 2.70. The minimum atomic E-state index is -0.596. The number of hydrogen-bond acceptors (Lipinski definition) is 4. The molecule has 1 aromatic heterocycles. The zero-order valence-corrected chi connectivity index (χ0v) is 9.97. The molecule has 0 aromatic carbocycles. The van der Waals surface area contributed by atoms with Crippen molar-refractivity contribution < 1.29 is 9.53 Å². The highest BCUT2D eigenvalue weighted by atomic mass is 32.1. The normalized spacial score (nSPS) is 14.6. The Labute approximate surface area is 94.2 Å². The maximum absolute atomic E-state index is 11.7. The van der Waals surface area contributed by atoms with Crippen LogP contribution in [0.4, 0.5) is 0 Å². The summed E-state index contributed by atoms with van der Waals surface area (Å²) in [6.07, 6.45) is 0.653. The van der Waals surface area contributed by atoms with E-state index in [1.807, 2.05) is 24.4 Å². The molecule has 0 radical (unpaired) electrons. The topological polar surface area (TPSA) is 52.3 Å². The van der Waals surface area contributed by atoms with Crippen LogP contribution in [0, 0.1) is 5.41 Å². The van der Waals surface area contributed by atoms with E-state index in [-0.39, 0.29) is 5.97 Å². The molecule has 0 aliphatic rings. The molecule has 0 aliphatic heterocycles. The Balaban J connectivity index is 2.72. The van der Waals surface area contributed by atoms with Gasteiger partial charge in [0.1, 0.15) is 0 Å². The van der Waals surface area contributed by atoms with Gasteiger partial charge in [-0.15, -0.1) is 11.3 Å². The van der Waals surface area contributed by atoms with Gasteiger partial charge in [-0.3, -0.25) is 4.79 Å². The summed E-state index contributed by atoms with van der Waals surface area (Å²) in [4.78, 5) is 12.9. The van der Waals surface area contributed by atoms with E-state index in [9.17, 15) is 4.79 Å². The second-order valence-corrected chi connectivity index (χ2v) is 4.77. The first-order valence-corrected chi connectivity index (χ1v) is 5.90. The molecule has 0 spiro atoms. The van der Waals surface area contributed by atoms with E-state index in [0.29, 0.717) is 19.6 Å². The Morgan fingerprint density at radius 1 is 1.67 bits per heavy atom. The van der Waals surface area contributed by atoms with Crippen LogP contribution in [0.2, 0.25) is 0 Å². The van der Waals surface area contributed by atoms with Crippen LogP contribution in [0.15, 0.2) is 17.5 Å². The van der Waals surface area contributed by atoms with Gasteiger partial charge in [-0.05, 0) is 31.7 Å². The van der Waals surface area contributed by atoms with E-state index in [0.717, 1.165) is 4.88 Å². The van der Waals surface area contributed by atoms with E-state index < -0.39 is 5.41 Å². The lowest BCUT2D eigenvalue weighted by atomic mass is 9.86. The van der Waals surface area contributed by atoms with E-state index in [1.165, 1.54) is 0 Å². The third kappa shape index (κ3) is 3.04. The van der Waals surface area contributed by atoms with Crippen molar-refractivity contribution in [2.75, 3.05) is 13.2 Å². The third-order valence-electron chi connectivity index (χ3n) is 2.36. The Hall–Kier alpha value is -0.870. The Morgan fingerprint density at radius 2 is 2.40 bits per heavy atom. The molecular formula is C11H17NO2S. The number of esters is 1. The van der Waals surface area contributed by atoms with E-state index in [4.69, 9.17) is 10.5 Å². The van der Waals surface area contributed by atoms with Crippen LogP contribution in [0.3, 0.4) is 0 Å². The molecule has 2 N–H and O–H groups in total. The highest BCUT2D eigenvalue weighted by molar-refractivity contribution is 7.09. The molecule has 1 unspecified atom stereocenters. The number of ether oxygens (including phenoxy) is 1. The summed E-state index contributed by atoms with van der Waals surface area (Å²) in [7, 11) is 0. The summed E-state index contributed by atoms with van der Waals surface area (Å²) in [5.41, 5.74) is 5.06. The van der Waals surface area contributed by atoms with Crippen molar-refractivity contribution in [3.8, 4) is 0 Å². The quantitative estimate of drug-likeness (QED) is 0.781. The minimum absolute atomic E-state index is 0.207. The summed E-state index contributed by atoms with van der Waals surface area (Å²) in [5.74, 6) is -0.207. The zero-order chi connectivity index (χ0) is 11.3. The number of carbonyl (C=O) groups is 1. The molecule has 0 aliphatic carbocycles. The predicted molar refractivity (Wildman–Crippen MR) is 61.8 cm³/mol. The van der Waals surface area contributed by atoms with Crippen LogP contribution in [0.1, 0.15) is 18.7 Å². The summed E-state index contributed by atoms with van der Waals surface area (Å²) < 4.78 is 5.03. The van der Waals surface area contributed by atoms with Crippen molar-refractivity contribution in [1.29, 1.82) is 0 Å². The standard InChI is InChI=1S/C11H17NO2S/c1-3-14-10(13)11(2,8-12)7-9-5-4-6-15-9/h4-6H,3,7-8,12H2,1-2H3. The lowest BCUT2D eigenvalue weighted by Gasteiger charge is -2.24. The molecule has 3 nitrogen and oxygen atoms in total. The molecule has 0 saturated carbocycles. The molecule has 84 valence electrons. The maximum Gasteiger partial charge on any atom is 0.313 e. The summed E-state index contributed by atoms with van der Waals surface area (Å²) in [5, 5.41) is 2.00. The fourth-order valence-corrected chi connectivity index (χ4v) is 2.22. The first kappa shape index (κ1) is 12.2. The fraction of sp³-hybridized carbons (Fsp3) is 0.545. The highest BCUT2D eigenvalue weighted by Gasteiger charge is 2.33. The first-order chi connectivity index (χ1) is 7.12. The number of carbonyl (C=O) groups excluding carboxylic acids is 1. The van der Waals surface area contributed by atoms with Crippen molar-refractivity contribution in [1.82, 2.24) is 0 Å². The largest absolute Gasteiger partial charge is 0.466 e. The molecular weight excluding hydrogens is 210 g/mol. The Bertz CT molecular complexity index is 310. The molecule has 15 heavy (non-hydrogen) atoms. The van der Waals surface area contributed by atoms with Crippen LogP contribution in [0.5, 0.6) is 0 Å². The van der Waals surface area contributed by atoms with Gasteiger partial charge in [0, 0.05) is 11.4 Å². The summed E-state index contributed by atoms with van der Waals surface area (Å²) in [6, 6.07) is 3.99. The van der Waals surface area contributed by atoms with Crippen molar-refractivity contribution >= 4 is 17.3 Å². The Kier molecular flexibility index (Phi) is 4.29. The van der Waals surface area contributed by atoms with Crippen LogP contribution in [-0.4, -0.2) is 19.1 Å². The van der Waals surface area contributed by atoms with E-state index in [1.54, 1.807) is 18.3 Å². The molecule has 0 fully saturated rings. The lowest BCUT2D eigenvalue weighted by Crippen LogP contribution is -2.39. The van der Waals surface area contributed by atoms with Crippen LogP contribution in [0.25, 0.3) is 0 Å². The van der Waals surface area contributed by atoms with E-state index >= 15 is 0 Å². The van der Waals surface area contributed by atoms with Crippen molar-refractivity contribution in [3.63, 3.8) is 0 Å². The van der Waals surface area contributed by atoms with Gasteiger partial charge in [-0.2, -0.15) is 0 Å². The van der Waals surface area contributed by atoms with Crippen molar-refractivity contribution in [2.45, 2.75) is 20.3 Å². The smallest absolute Gasteiger partial charge is 0.313 e. The van der Waals surface area contributed by atoms with Gasteiger partial charge in [0.05, 0.1) is 12.0 Å². The van der Waals surface area contributed by atoms with E-state index in [2.05, 4.69) is 0 Å². The van der Waals surface area contributed by atoms with Crippen molar-refractivity contribution in [2.24, 2.45) is 11.1 Å². The molecule has 4 heteroatoms. The van der Waals surface area contributed by atoms with Gasteiger partial charge >= 0.3 is 5.97 Å². The Morgan fingerprint density at radius 3 is 2.87 bits per heavy atom. The third-order valence-corrected chi connectivity index (χ3v) is 3.24. The molecule has 1 rings (SSSR count). The lowest BCUT2D eigenvalue weighted by molar-refractivity contribution is -0.153. The number of nitrogens with two attached hydrogens (primary N) is 1. The summed E-state index contributed by atoms with van der Waals surface area (Å²) >= 11 is 1.64. The van der Waals surface area contributed by atoms with Gasteiger partial charge in [0.15, 0.2) is 0 Å². The summed E-state index contributed by atoms with van der Waals surface area (Å²) in [6.45, 7) is 4.37. The van der Waals surface area contributed by atoms with Gasteiger partial charge in [-0.1, -0.05) is 6.07 Å². The zero-order valence-electron chi connectivity index (χ0n) is 9.16. The van der Waals surface area contributed by atoms with Crippen LogP contribution < -0.4 is 5.73 Å². The maximum atomic E-state index is 11.7. The highest BCUT2D eigenvalue weighted by Crippen LogP contribution is 2.25. The molecule has 1 atom stereocenters. The second kappa shape index (κ2) is 5.28. The van der Waals surface area contributed by atoms with Crippen LogP contribution >= 0.6 is 11.3 Å². The fourth-order valence-electron chi connectivity index (χ4n) is 1.33. The van der Waals surface area contributed by atoms with Gasteiger partial charge < -0.3 is 10.5 Å². The molecule has 0 bridgehead atoms. The monoisotopic (exact) mass is 227 g/mol. The molecule has 0 saturated heterocycles. The van der Waals surface area contributed by atoms with Crippen molar-refractivity contribution in [3.05, 3.63) is 22.4 Å². The number of hydrogen-bond donors (Lipinski definition) is 1. The predicted octanol–water partition coefficient (Wildman–Crippen LogP) is 1.82. The molecule has 0 amide bonds. The van der Waals surface area contributed by atoms with Gasteiger partial charge in [-0.25, -0.2) is 0 Å². The number of thiophene rings is 1. The SMILES string of the molecule is CCOC(=O)C(C)(CN)Cc1cccs1. The van der Waals surface area contributed by atoms with Crippen LogP contribution in [-0.2, 0) is 16.0 Å². The molecule has 1 aromatic rings. The minimum Gasteiger partial charge on any atom is -0.466 e. The first-order valence-electron chi connectivity index (χ1n) is 5.02. The number of rotatable bonds is 5. The van der Waals surface area contributed by atoms with Gasteiger partial charge in [0.25, 0.3) is 0 Å². The second-order valence-electron chi connectivity index (χ2n) is 3.74.